The van der Waals surface area contributed by atoms with Crippen molar-refractivity contribution in [2.24, 2.45) is 0 Å². The molecule has 0 spiro atoms. The fraction of sp³-hybridized carbons (Fsp3) is 0.206. The molecule has 6 rings (SSSR count). The molecule has 9 heteroatoms. The number of H-pyrrole nitrogens is 1. The van der Waals surface area contributed by atoms with Crippen molar-refractivity contribution in [3.63, 3.8) is 0 Å². The van der Waals surface area contributed by atoms with Gasteiger partial charge < -0.3 is 10.3 Å². The molecule has 9 nitrogen and oxygen atoms in total. The van der Waals surface area contributed by atoms with Gasteiger partial charge in [0.25, 0.3) is 5.56 Å². The molecule has 0 atom stereocenters. The molecule has 0 aliphatic carbocycles. The van der Waals surface area contributed by atoms with Crippen molar-refractivity contribution in [1.29, 1.82) is 0 Å². The number of carbonyl (C=O) groups is 1. The molecular weight excluding hydrogens is 538 g/mol. The lowest BCUT2D eigenvalue weighted by atomic mass is 9.92. The number of carbonyl (C=O) groups excluding carboxylic acids is 1. The summed E-state index contributed by atoms with van der Waals surface area (Å²) in [6, 6.07) is 23.5. The van der Waals surface area contributed by atoms with Crippen LogP contribution in [0.2, 0.25) is 0 Å². The number of aromatic nitrogens is 5. The average Bonchev–Trinajstić information content (AvgIpc) is 3.41. The molecule has 6 aromatic rings. The molecule has 0 aliphatic heterocycles. The molecule has 3 heterocycles. The van der Waals surface area contributed by atoms with E-state index in [1.807, 2.05) is 73.7 Å². The van der Waals surface area contributed by atoms with Crippen molar-refractivity contribution in [1.82, 2.24) is 24.7 Å². The van der Waals surface area contributed by atoms with Crippen LogP contribution in [0, 0.1) is 6.92 Å². The average molecular weight is 572 g/mol. The van der Waals surface area contributed by atoms with Crippen LogP contribution in [0.1, 0.15) is 43.2 Å². The van der Waals surface area contributed by atoms with Crippen molar-refractivity contribution in [3.05, 3.63) is 118 Å². The first-order valence-corrected chi connectivity index (χ1v) is 14.2. The highest BCUT2D eigenvalue weighted by Crippen LogP contribution is 2.30. The minimum atomic E-state index is -0.355. The van der Waals surface area contributed by atoms with Crippen LogP contribution in [0.4, 0.5) is 16.3 Å². The van der Waals surface area contributed by atoms with Crippen LogP contribution in [-0.2, 0) is 18.3 Å². The van der Waals surface area contributed by atoms with E-state index in [1.165, 1.54) is 6.20 Å². The standard InChI is InChI=1S/C34H33N7O2/c1-21-9-14-24(15-10-21)41-29(19-28(40-41)34(2,3)4)38-33(43)37-27-16-13-22(25-7-5-6-8-26(25)27)11-12-23-17-18-35-32-31(23)39-30(42)20-36-32/h5-10,13-20H,11-12H2,1-4H3,(H,39,42)(H2,37,38,43). The van der Waals surface area contributed by atoms with Crippen LogP contribution in [0.15, 0.2) is 90.0 Å². The van der Waals surface area contributed by atoms with Gasteiger partial charge in [0, 0.05) is 23.1 Å². The number of aryl methyl sites for hydroxylation is 3. The number of urea groups is 1. The number of rotatable bonds is 6. The fourth-order valence-electron chi connectivity index (χ4n) is 5.15. The number of pyridine rings is 1. The van der Waals surface area contributed by atoms with Crippen LogP contribution in [0.5, 0.6) is 0 Å². The first kappa shape index (κ1) is 27.8. The topological polar surface area (TPSA) is 118 Å². The van der Waals surface area contributed by atoms with Gasteiger partial charge in [0.05, 0.1) is 28.8 Å². The monoisotopic (exact) mass is 571 g/mol. The summed E-state index contributed by atoms with van der Waals surface area (Å²) in [5.41, 5.74) is 6.44. The minimum absolute atomic E-state index is 0.191. The second-order valence-corrected chi connectivity index (χ2v) is 11.7. The number of amides is 2. The number of aromatic amines is 1. The predicted molar refractivity (Wildman–Crippen MR) is 171 cm³/mol. The second-order valence-electron chi connectivity index (χ2n) is 11.7. The zero-order valence-corrected chi connectivity index (χ0v) is 24.6. The van der Waals surface area contributed by atoms with Crippen LogP contribution in [0.3, 0.4) is 0 Å². The van der Waals surface area contributed by atoms with Crippen molar-refractivity contribution >= 4 is 39.5 Å². The Labute approximate surface area is 249 Å². The molecule has 2 amide bonds. The SMILES string of the molecule is Cc1ccc(-n2nc(C(C)(C)C)cc2NC(=O)Nc2ccc(CCc3ccnc4ncc(=O)[nH]c34)c3ccccc23)cc1. The molecular formula is C34H33N7O2. The van der Waals surface area contributed by atoms with Gasteiger partial charge in [0.1, 0.15) is 5.82 Å². The second kappa shape index (κ2) is 11.2. The summed E-state index contributed by atoms with van der Waals surface area (Å²) in [5, 5.41) is 12.9. The highest BCUT2D eigenvalue weighted by molar-refractivity contribution is 6.06. The van der Waals surface area contributed by atoms with Crippen molar-refractivity contribution in [3.8, 4) is 5.69 Å². The normalized spacial score (nSPS) is 11.6. The summed E-state index contributed by atoms with van der Waals surface area (Å²) in [5.74, 6) is 0.587. The molecule has 3 N–H and O–H groups in total. The first-order valence-electron chi connectivity index (χ1n) is 14.2. The quantitative estimate of drug-likeness (QED) is 0.206. The Morgan fingerprint density at radius 3 is 2.40 bits per heavy atom. The number of fused-ring (bicyclic) bond motifs is 2. The van der Waals surface area contributed by atoms with E-state index in [2.05, 4.69) is 52.4 Å². The van der Waals surface area contributed by atoms with E-state index in [9.17, 15) is 9.59 Å². The maximum atomic E-state index is 13.4. The maximum absolute atomic E-state index is 13.4. The Morgan fingerprint density at radius 2 is 1.63 bits per heavy atom. The van der Waals surface area contributed by atoms with Crippen LogP contribution in [-0.4, -0.2) is 30.8 Å². The van der Waals surface area contributed by atoms with E-state index in [0.29, 0.717) is 29.1 Å². The van der Waals surface area contributed by atoms with Crippen molar-refractivity contribution in [2.45, 2.75) is 46.0 Å². The minimum Gasteiger partial charge on any atom is -0.318 e. The van der Waals surface area contributed by atoms with Gasteiger partial charge in [-0.3, -0.25) is 10.1 Å². The van der Waals surface area contributed by atoms with Crippen LogP contribution >= 0.6 is 0 Å². The van der Waals surface area contributed by atoms with E-state index < -0.39 is 0 Å². The molecule has 43 heavy (non-hydrogen) atoms. The Bertz CT molecular complexity index is 2020. The smallest absolute Gasteiger partial charge is 0.318 e. The van der Waals surface area contributed by atoms with E-state index in [1.54, 1.807) is 10.9 Å². The Balaban J connectivity index is 1.25. The van der Waals surface area contributed by atoms with Gasteiger partial charge in [-0.1, -0.05) is 68.8 Å². The Morgan fingerprint density at radius 1 is 0.884 bits per heavy atom. The molecule has 0 fully saturated rings. The van der Waals surface area contributed by atoms with Crippen molar-refractivity contribution < 1.29 is 4.79 Å². The number of hydrogen-bond acceptors (Lipinski definition) is 5. The van der Waals surface area contributed by atoms with Gasteiger partial charge in [-0.2, -0.15) is 5.10 Å². The summed E-state index contributed by atoms with van der Waals surface area (Å²) in [6.45, 7) is 8.33. The molecule has 0 bridgehead atoms. The van der Waals surface area contributed by atoms with Gasteiger partial charge in [0.15, 0.2) is 5.65 Å². The van der Waals surface area contributed by atoms with Crippen LogP contribution in [0.25, 0.3) is 27.6 Å². The third kappa shape index (κ3) is 5.88. The Kier molecular flexibility index (Phi) is 7.23. The lowest BCUT2D eigenvalue weighted by Crippen LogP contribution is -2.21. The summed E-state index contributed by atoms with van der Waals surface area (Å²) >= 11 is 0. The summed E-state index contributed by atoms with van der Waals surface area (Å²) in [7, 11) is 0. The summed E-state index contributed by atoms with van der Waals surface area (Å²) < 4.78 is 1.77. The third-order valence-corrected chi connectivity index (χ3v) is 7.49. The number of anilines is 2. The lowest BCUT2D eigenvalue weighted by molar-refractivity contribution is 0.262. The summed E-state index contributed by atoms with van der Waals surface area (Å²) in [6.07, 6.45) is 4.38. The molecule has 3 aromatic carbocycles. The third-order valence-electron chi connectivity index (χ3n) is 7.49. The van der Waals surface area contributed by atoms with Gasteiger partial charge in [-0.25, -0.2) is 19.4 Å². The zero-order chi connectivity index (χ0) is 30.1. The number of nitrogens with zero attached hydrogens (tertiary/aromatic N) is 4. The molecule has 0 radical (unpaired) electrons. The summed E-state index contributed by atoms with van der Waals surface area (Å²) in [4.78, 5) is 36.5. The highest BCUT2D eigenvalue weighted by atomic mass is 16.2. The number of hydrogen-bond donors (Lipinski definition) is 3. The van der Waals surface area contributed by atoms with E-state index in [4.69, 9.17) is 5.10 Å². The number of nitrogens with one attached hydrogen (secondary N) is 3. The molecule has 0 saturated heterocycles. The number of benzene rings is 3. The maximum Gasteiger partial charge on any atom is 0.324 e. The van der Waals surface area contributed by atoms with Gasteiger partial charge in [-0.05, 0) is 60.5 Å². The molecule has 216 valence electrons. The largest absolute Gasteiger partial charge is 0.324 e. The molecule has 0 unspecified atom stereocenters. The molecule has 0 aliphatic rings. The zero-order valence-electron chi connectivity index (χ0n) is 24.6. The van der Waals surface area contributed by atoms with E-state index in [-0.39, 0.29) is 17.0 Å². The van der Waals surface area contributed by atoms with Crippen LogP contribution < -0.4 is 16.2 Å². The molecule has 3 aromatic heterocycles. The lowest BCUT2D eigenvalue weighted by Gasteiger charge is -2.14. The predicted octanol–water partition coefficient (Wildman–Crippen LogP) is 6.69. The van der Waals surface area contributed by atoms with Gasteiger partial charge >= 0.3 is 6.03 Å². The molecule has 0 saturated carbocycles. The van der Waals surface area contributed by atoms with Gasteiger partial charge in [0.2, 0.25) is 0 Å². The van der Waals surface area contributed by atoms with Crippen molar-refractivity contribution in [2.75, 3.05) is 10.6 Å². The fourth-order valence-corrected chi connectivity index (χ4v) is 5.15. The van der Waals surface area contributed by atoms with E-state index >= 15 is 0 Å². The Hall–Kier alpha value is -5.31. The van der Waals surface area contributed by atoms with Gasteiger partial charge in [-0.15, -0.1) is 0 Å². The van der Waals surface area contributed by atoms with E-state index in [0.717, 1.165) is 45.3 Å². The highest BCUT2D eigenvalue weighted by Gasteiger charge is 2.22. The first-order chi connectivity index (χ1) is 20.7.